The quantitative estimate of drug-likeness (QED) is 0.433. The number of esters is 2. The van der Waals surface area contributed by atoms with Crippen molar-refractivity contribution in [2.45, 2.75) is 70.8 Å². The zero-order chi connectivity index (χ0) is 20.1. The minimum Gasteiger partial charge on any atom is -0.445 e. The summed E-state index contributed by atoms with van der Waals surface area (Å²) in [7, 11) is 0. The Labute approximate surface area is 167 Å². The van der Waals surface area contributed by atoms with Crippen LogP contribution in [0.15, 0.2) is 18.2 Å². The van der Waals surface area contributed by atoms with Crippen LogP contribution in [0.5, 0.6) is 5.75 Å². The van der Waals surface area contributed by atoms with Crippen LogP contribution in [-0.4, -0.2) is 17.5 Å². The first-order chi connectivity index (χ1) is 13.3. The molecule has 0 amide bonds. The zero-order valence-electron chi connectivity index (χ0n) is 16.9. The lowest BCUT2D eigenvalue weighted by Crippen LogP contribution is -2.52. The van der Waals surface area contributed by atoms with E-state index in [1.54, 1.807) is 0 Å². The number of terminal acetylenes is 1. The average Bonchev–Trinajstić information content (AvgIpc) is 2.93. The second kappa shape index (κ2) is 6.65. The minimum atomic E-state index is -0.770. The van der Waals surface area contributed by atoms with Gasteiger partial charge in [0, 0.05) is 19.3 Å². The van der Waals surface area contributed by atoms with Crippen LogP contribution in [0.25, 0.3) is 0 Å². The van der Waals surface area contributed by atoms with Crippen LogP contribution in [0.3, 0.4) is 0 Å². The number of carbonyl (C=O) groups is 2. The molecule has 0 heterocycles. The van der Waals surface area contributed by atoms with Gasteiger partial charge in [0.2, 0.25) is 0 Å². The highest BCUT2D eigenvalue weighted by atomic mass is 16.6. The number of aryl methyl sites for hydroxylation is 1. The van der Waals surface area contributed by atoms with Crippen molar-refractivity contribution < 1.29 is 19.1 Å². The van der Waals surface area contributed by atoms with Crippen molar-refractivity contribution in [3.8, 4) is 18.1 Å². The Morgan fingerprint density at radius 3 is 2.61 bits per heavy atom. The third kappa shape index (κ3) is 2.75. The van der Waals surface area contributed by atoms with Gasteiger partial charge >= 0.3 is 11.9 Å². The molecule has 2 saturated carbocycles. The van der Waals surface area contributed by atoms with E-state index in [2.05, 4.69) is 18.9 Å². The van der Waals surface area contributed by atoms with Crippen molar-refractivity contribution in [1.82, 2.24) is 0 Å². The molecule has 3 aliphatic rings. The summed E-state index contributed by atoms with van der Waals surface area (Å²) >= 11 is 0. The normalized spacial score (nSPS) is 35.7. The molecule has 0 radical (unpaired) electrons. The summed E-state index contributed by atoms with van der Waals surface area (Å²) in [4.78, 5) is 23.0. The lowest BCUT2D eigenvalue weighted by Gasteiger charge is -2.52. The lowest BCUT2D eigenvalue weighted by atomic mass is 9.53. The summed E-state index contributed by atoms with van der Waals surface area (Å²) < 4.78 is 11.1. The second-order valence-corrected chi connectivity index (χ2v) is 8.93. The van der Waals surface area contributed by atoms with Gasteiger partial charge in [-0.3, -0.25) is 9.59 Å². The SMILES string of the molecule is C#C[C@]1(OC(C)=O)CC[C@@H]2[C@@H]3CCc4cc(OC(C)=O)ccc4[C@H]3CC[C@]21C. The highest BCUT2D eigenvalue weighted by Crippen LogP contribution is 2.65. The third-order valence-electron chi connectivity index (χ3n) is 7.63. The van der Waals surface area contributed by atoms with E-state index in [9.17, 15) is 9.59 Å². The molecule has 4 rings (SSSR count). The smallest absolute Gasteiger partial charge is 0.308 e. The number of fused-ring (bicyclic) bond motifs is 5. The molecule has 28 heavy (non-hydrogen) atoms. The van der Waals surface area contributed by atoms with Gasteiger partial charge in [0.05, 0.1) is 0 Å². The summed E-state index contributed by atoms with van der Waals surface area (Å²) in [6.07, 6.45) is 11.8. The fourth-order valence-electron chi connectivity index (χ4n) is 6.47. The van der Waals surface area contributed by atoms with Gasteiger partial charge in [-0.05, 0) is 79.5 Å². The summed E-state index contributed by atoms with van der Waals surface area (Å²) in [5, 5.41) is 0. The number of hydrogen-bond acceptors (Lipinski definition) is 4. The first kappa shape index (κ1) is 19.1. The Morgan fingerprint density at radius 1 is 1.14 bits per heavy atom. The van der Waals surface area contributed by atoms with Crippen molar-refractivity contribution in [2.24, 2.45) is 17.3 Å². The molecule has 0 unspecified atom stereocenters. The number of ether oxygens (including phenoxy) is 2. The lowest BCUT2D eigenvalue weighted by molar-refractivity contribution is -0.165. The van der Waals surface area contributed by atoms with E-state index >= 15 is 0 Å². The van der Waals surface area contributed by atoms with E-state index in [-0.39, 0.29) is 17.4 Å². The van der Waals surface area contributed by atoms with E-state index in [1.807, 2.05) is 12.1 Å². The van der Waals surface area contributed by atoms with Crippen molar-refractivity contribution in [2.75, 3.05) is 0 Å². The van der Waals surface area contributed by atoms with Gasteiger partial charge in [0.15, 0.2) is 5.60 Å². The molecule has 0 spiro atoms. The molecule has 0 saturated heterocycles. The minimum absolute atomic E-state index is 0.163. The van der Waals surface area contributed by atoms with E-state index in [0.29, 0.717) is 23.5 Å². The molecule has 2 fully saturated rings. The Hall–Kier alpha value is -2.28. The summed E-state index contributed by atoms with van der Waals surface area (Å²) in [6.45, 7) is 5.13. The predicted molar refractivity (Wildman–Crippen MR) is 106 cm³/mol. The maximum atomic E-state index is 11.8. The Balaban J connectivity index is 1.64. The molecule has 3 aliphatic carbocycles. The molecule has 148 valence electrons. The van der Waals surface area contributed by atoms with Crippen LogP contribution in [0.2, 0.25) is 0 Å². The Kier molecular flexibility index (Phi) is 4.53. The van der Waals surface area contributed by atoms with Gasteiger partial charge < -0.3 is 9.47 Å². The molecule has 0 aromatic heterocycles. The Bertz CT molecular complexity index is 866. The third-order valence-corrected chi connectivity index (χ3v) is 7.63. The van der Waals surface area contributed by atoms with Crippen LogP contribution >= 0.6 is 0 Å². The molecule has 5 atom stereocenters. The van der Waals surface area contributed by atoms with Crippen LogP contribution in [0, 0.1) is 29.6 Å². The van der Waals surface area contributed by atoms with Crippen molar-refractivity contribution in [3.63, 3.8) is 0 Å². The van der Waals surface area contributed by atoms with E-state index < -0.39 is 5.60 Å². The van der Waals surface area contributed by atoms with E-state index in [1.165, 1.54) is 25.0 Å². The first-order valence-electron chi connectivity index (χ1n) is 10.3. The number of hydrogen-bond donors (Lipinski definition) is 0. The molecule has 1 aromatic carbocycles. The zero-order valence-corrected chi connectivity index (χ0v) is 16.9. The Morgan fingerprint density at radius 2 is 1.93 bits per heavy atom. The highest BCUT2D eigenvalue weighted by molar-refractivity contribution is 5.69. The maximum Gasteiger partial charge on any atom is 0.308 e. The predicted octanol–water partition coefficient (Wildman–Crippen LogP) is 4.40. The monoisotopic (exact) mass is 380 g/mol. The molecule has 0 aliphatic heterocycles. The fraction of sp³-hybridized carbons (Fsp3) is 0.583. The first-order valence-corrected chi connectivity index (χ1v) is 10.3. The largest absolute Gasteiger partial charge is 0.445 e. The average molecular weight is 380 g/mol. The van der Waals surface area contributed by atoms with E-state index in [0.717, 1.165) is 38.5 Å². The molecule has 4 heteroatoms. The van der Waals surface area contributed by atoms with Crippen molar-refractivity contribution in [1.29, 1.82) is 0 Å². The van der Waals surface area contributed by atoms with Gasteiger partial charge in [-0.15, -0.1) is 6.42 Å². The number of carbonyl (C=O) groups excluding carboxylic acids is 2. The van der Waals surface area contributed by atoms with E-state index in [4.69, 9.17) is 15.9 Å². The van der Waals surface area contributed by atoms with Gasteiger partial charge in [0.25, 0.3) is 0 Å². The van der Waals surface area contributed by atoms with Gasteiger partial charge in [0.1, 0.15) is 5.75 Å². The number of rotatable bonds is 2. The maximum absolute atomic E-state index is 11.8. The van der Waals surface area contributed by atoms with Crippen LogP contribution in [-0.2, 0) is 20.7 Å². The summed E-state index contributed by atoms with van der Waals surface area (Å²) in [5.41, 5.74) is 1.75. The summed E-state index contributed by atoms with van der Waals surface area (Å²) in [5.74, 6) is 4.47. The number of benzene rings is 1. The molecular weight excluding hydrogens is 352 g/mol. The topological polar surface area (TPSA) is 52.6 Å². The standard InChI is InChI=1S/C24H28O4/c1-5-24(28-16(3)26)13-11-22-21-8-6-17-14-18(27-15(2)25)7-9-19(17)20(21)10-12-23(22,24)4/h1,7,9,14,20-22H,6,8,10-13H2,2-4H3/t20-,21-,22-,23-,24+/m1/s1. The van der Waals surface area contributed by atoms with Gasteiger partial charge in [-0.2, -0.15) is 0 Å². The molecule has 0 bridgehead atoms. The molecule has 0 N–H and O–H groups in total. The molecule has 1 aromatic rings. The van der Waals surface area contributed by atoms with Crippen molar-refractivity contribution >= 4 is 11.9 Å². The highest BCUT2D eigenvalue weighted by Gasteiger charge is 2.63. The van der Waals surface area contributed by atoms with Crippen molar-refractivity contribution in [3.05, 3.63) is 29.3 Å². The second-order valence-electron chi connectivity index (χ2n) is 8.93. The fourth-order valence-corrected chi connectivity index (χ4v) is 6.47. The van der Waals surface area contributed by atoms with Crippen LogP contribution in [0.1, 0.15) is 69.9 Å². The van der Waals surface area contributed by atoms with Crippen LogP contribution < -0.4 is 4.74 Å². The van der Waals surface area contributed by atoms with Gasteiger partial charge in [-0.25, -0.2) is 0 Å². The molecular formula is C24H28O4. The summed E-state index contributed by atoms with van der Waals surface area (Å²) in [6, 6.07) is 6.08. The van der Waals surface area contributed by atoms with Crippen LogP contribution in [0.4, 0.5) is 0 Å². The molecule has 4 nitrogen and oxygen atoms in total. The van der Waals surface area contributed by atoms with Gasteiger partial charge in [-0.1, -0.05) is 18.9 Å².